The van der Waals surface area contributed by atoms with Gasteiger partial charge in [-0.3, -0.25) is 4.98 Å². The van der Waals surface area contributed by atoms with Gasteiger partial charge in [-0.2, -0.15) is 0 Å². The zero-order valence-electron chi connectivity index (χ0n) is 16.4. The Morgan fingerprint density at radius 3 is 2.53 bits per heavy atom. The highest BCUT2D eigenvalue weighted by atomic mass is 35.5. The Hall–Kier alpha value is -3.03. The van der Waals surface area contributed by atoms with Crippen molar-refractivity contribution in [3.63, 3.8) is 0 Å². The van der Waals surface area contributed by atoms with E-state index in [4.69, 9.17) is 32.7 Å². The third-order valence-electron chi connectivity index (χ3n) is 4.50. The van der Waals surface area contributed by atoms with E-state index in [9.17, 15) is 14.7 Å². The minimum atomic E-state index is -1.17. The molecule has 0 saturated carbocycles. The average molecular weight is 449 g/mol. The fourth-order valence-electron chi connectivity index (χ4n) is 3.00. The number of hydrogen-bond acceptors (Lipinski definition) is 6. The predicted molar refractivity (Wildman–Crippen MR) is 116 cm³/mol. The lowest BCUT2D eigenvalue weighted by Gasteiger charge is -2.17. The predicted octanol–water partition coefficient (Wildman–Crippen LogP) is 5.48. The molecule has 1 heterocycles. The van der Waals surface area contributed by atoms with Crippen molar-refractivity contribution in [2.24, 2.45) is 0 Å². The number of aromatic nitrogens is 1. The number of pyridine rings is 1. The third kappa shape index (κ3) is 3.99. The summed E-state index contributed by atoms with van der Waals surface area (Å²) in [5, 5.41) is 13.8. The molecule has 0 aliphatic rings. The highest BCUT2D eigenvalue weighted by Gasteiger charge is 2.21. The van der Waals surface area contributed by atoms with Crippen molar-refractivity contribution in [3.05, 3.63) is 57.2 Å². The second kappa shape index (κ2) is 8.77. The molecule has 1 aromatic heterocycles. The molecular formula is C21H18Cl2N2O5. The molecule has 0 bridgehead atoms. The van der Waals surface area contributed by atoms with Gasteiger partial charge in [-0.05, 0) is 37.6 Å². The van der Waals surface area contributed by atoms with Crippen molar-refractivity contribution in [1.29, 1.82) is 0 Å². The minimum Gasteiger partial charge on any atom is -0.496 e. The van der Waals surface area contributed by atoms with Crippen LogP contribution in [0.4, 0.5) is 11.4 Å². The molecule has 2 N–H and O–H groups in total. The molecule has 0 aliphatic heterocycles. The number of esters is 1. The van der Waals surface area contributed by atoms with E-state index in [1.807, 2.05) is 6.92 Å². The van der Waals surface area contributed by atoms with Crippen molar-refractivity contribution in [1.82, 2.24) is 4.98 Å². The number of carboxylic acids is 1. The molecule has 7 nitrogen and oxygen atoms in total. The Balaban J connectivity index is 2.24. The lowest BCUT2D eigenvalue weighted by Crippen LogP contribution is -2.10. The lowest BCUT2D eigenvalue weighted by atomic mass is 10.1. The number of halogens is 2. The first-order valence-electron chi connectivity index (χ1n) is 8.91. The number of carboxylic acid groups (broad SMARTS) is 1. The van der Waals surface area contributed by atoms with Crippen LogP contribution in [-0.2, 0) is 4.74 Å². The Labute approximate surface area is 182 Å². The summed E-state index contributed by atoms with van der Waals surface area (Å²) in [5.74, 6) is -1.62. The smallest absolute Gasteiger partial charge is 0.341 e. The van der Waals surface area contributed by atoms with Crippen LogP contribution in [0.15, 0.2) is 30.5 Å². The van der Waals surface area contributed by atoms with Gasteiger partial charge in [0, 0.05) is 22.7 Å². The quantitative estimate of drug-likeness (QED) is 0.481. The van der Waals surface area contributed by atoms with Crippen LogP contribution in [0.25, 0.3) is 10.9 Å². The number of carbonyl (C=O) groups is 2. The normalized spacial score (nSPS) is 10.7. The number of methoxy groups -OCH3 is 1. The van der Waals surface area contributed by atoms with Crippen LogP contribution in [0.2, 0.25) is 10.0 Å². The van der Waals surface area contributed by atoms with Gasteiger partial charge in [0.15, 0.2) is 0 Å². The summed E-state index contributed by atoms with van der Waals surface area (Å²) in [6.45, 7) is 3.72. The van der Waals surface area contributed by atoms with Gasteiger partial charge in [-0.15, -0.1) is 0 Å². The van der Waals surface area contributed by atoms with E-state index in [1.165, 1.54) is 25.4 Å². The molecule has 30 heavy (non-hydrogen) atoms. The van der Waals surface area contributed by atoms with Crippen molar-refractivity contribution in [2.75, 3.05) is 19.0 Å². The van der Waals surface area contributed by atoms with Crippen molar-refractivity contribution in [2.45, 2.75) is 13.8 Å². The van der Waals surface area contributed by atoms with E-state index in [0.29, 0.717) is 27.3 Å². The summed E-state index contributed by atoms with van der Waals surface area (Å²) in [5.41, 5.74) is 2.22. The summed E-state index contributed by atoms with van der Waals surface area (Å²) in [6, 6.07) is 6.17. The van der Waals surface area contributed by atoms with Gasteiger partial charge < -0.3 is 19.9 Å². The fraction of sp³-hybridized carbons (Fsp3) is 0.190. The van der Waals surface area contributed by atoms with Gasteiger partial charge in [0.1, 0.15) is 16.9 Å². The van der Waals surface area contributed by atoms with Gasteiger partial charge in [-0.25, -0.2) is 9.59 Å². The fourth-order valence-corrected chi connectivity index (χ4v) is 3.36. The topological polar surface area (TPSA) is 97.8 Å². The number of benzene rings is 2. The molecule has 0 amide bonds. The molecule has 0 aliphatic carbocycles. The Morgan fingerprint density at radius 1 is 1.17 bits per heavy atom. The van der Waals surface area contributed by atoms with E-state index in [2.05, 4.69) is 10.3 Å². The second-order valence-corrected chi connectivity index (χ2v) is 7.11. The maximum Gasteiger partial charge on any atom is 0.341 e. The van der Waals surface area contributed by atoms with Gasteiger partial charge in [0.2, 0.25) is 0 Å². The molecule has 0 spiro atoms. The molecule has 0 saturated heterocycles. The Bertz CT molecular complexity index is 1160. The molecule has 0 radical (unpaired) electrons. The summed E-state index contributed by atoms with van der Waals surface area (Å²) < 4.78 is 10.3. The van der Waals surface area contributed by atoms with Crippen LogP contribution in [0, 0.1) is 6.92 Å². The number of fused-ring (bicyclic) bond motifs is 1. The van der Waals surface area contributed by atoms with Crippen LogP contribution >= 0.6 is 23.2 Å². The zero-order valence-corrected chi connectivity index (χ0v) is 17.9. The van der Waals surface area contributed by atoms with Crippen LogP contribution < -0.4 is 10.1 Å². The lowest BCUT2D eigenvalue weighted by molar-refractivity contribution is 0.0526. The van der Waals surface area contributed by atoms with Crippen molar-refractivity contribution >= 4 is 57.4 Å². The summed E-state index contributed by atoms with van der Waals surface area (Å²) in [4.78, 5) is 28.3. The largest absolute Gasteiger partial charge is 0.496 e. The maximum absolute atomic E-state index is 12.5. The number of nitrogens with one attached hydrogen (secondary N) is 1. The Morgan fingerprint density at radius 2 is 1.90 bits per heavy atom. The number of ether oxygens (including phenoxy) is 2. The first kappa shape index (κ1) is 21.7. The van der Waals surface area contributed by atoms with E-state index in [-0.39, 0.29) is 28.5 Å². The monoisotopic (exact) mass is 448 g/mol. The summed E-state index contributed by atoms with van der Waals surface area (Å²) >= 11 is 12.5. The average Bonchev–Trinajstić information content (AvgIpc) is 2.72. The van der Waals surface area contributed by atoms with Gasteiger partial charge in [-0.1, -0.05) is 23.2 Å². The van der Waals surface area contributed by atoms with E-state index < -0.39 is 11.9 Å². The minimum absolute atomic E-state index is 0.0825. The second-order valence-electron chi connectivity index (χ2n) is 6.30. The highest BCUT2D eigenvalue weighted by Crippen LogP contribution is 2.37. The van der Waals surface area contributed by atoms with E-state index in [1.54, 1.807) is 19.1 Å². The molecule has 2 aromatic carbocycles. The Kier molecular flexibility index (Phi) is 6.34. The van der Waals surface area contributed by atoms with Crippen LogP contribution in [0.5, 0.6) is 5.75 Å². The standard InChI is InChI=1S/C21H18Cl2N2O5/c1-4-30-21(28)13-9-24-18-10(2)14(22)6-5-11(18)19(13)25-16-8-17(29-3)12(20(26)27)7-15(16)23/h5-9H,4H2,1-3H3,(H,24,25)(H,26,27). The number of hydrogen-bond donors (Lipinski definition) is 2. The molecule has 0 unspecified atom stereocenters. The van der Waals surface area contributed by atoms with Gasteiger partial charge in [0.05, 0.1) is 35.6 Å². The molecule has 3 aromatic rings. The first-order chi connectivity index (χ1) is 14.3. The number of anilines is 2. The molecule has 0 atom stereocenters. The first-order valence-corrected chi connectivity index (χ1v) is 9.66. The van der Waals surface area contributed by atoms with Crippen LogP contribution in [0.3, 0.4) is 0 Å². The molecule has 3 rings (SSSR count). The van der Waals surface area contributed by atoms with E-state index in [0.717, 1.165) is 5.56 Å². The molecule has 9 heteroatoms. The summed E-state index contributed by atoms with van der Waals surface area (Å²) in [6.07, 6.45) is 1.41. The molecular weight excluding hydrogens is 431 g/mol. The third-order valence-corrected chi connectivity index (χ3v) is 5.22. The summed E-state index contributed by atoms with van der Waals surface area (Å²) in [7, 11) is 1.36. The molecule has 156 valence electrons. The number of carbonyl (C=O) groups excluding carboxylic acids is 1. The van der Waals surface area contributed by atoms with Crippen molar-refractivity contribution in [3.8, 4) is 5.75 Å². The maximum atomic E-state index is 12.5. The van der Waals surface area contributed by atoms with Crippen LogP contribution in [-0.4, -0.2) is 35.7 Å². The number of rotatable bonds is 6. The highest BCUT2D eigenvalue weighted by molar-refractivity contribution is 6.34. The SMILES string of the molecule is CCOC(=O)c1cnc2c(C)c(Cl)ccc2c1Nc1cc(OC)c(C(=O)O)cc1Cl. The van der Waals surface area contributed by atoms with E-state index >= 15 is 0 Å². The number of aromatic carboxylic acids is 1. The van der Waals surface area contributed by atoms with Gasteiger partial charge in [0.25, 0.3) is 0 Å². The van der Waals surface area contributed by atoms with Crippen molar-refractivity contribution < 1.29 is 24.2 Å². The molecule has 0 fully saturated rings. The number of aryl methyl sites for hydroxylation is 1. The zero-order chi connectivity index (χ0) is 22.0. The van der Waals surface area contributed by atoms with Gasteiger partial charge >= 0.3 is 11.9 Å². The number of nitrogens with zero attached hydrogens (tertiary/aromatic N) is 1. The van der Waals surface area contributed by atoms with Crippen LogP contribution in [0.1, 0.15) is 33.2 Å².